The number of pyridine rings is 1. The summed E-state index contributed by atoms with van der Waals surface area (Å²) in [6, 6.07) is 7.69. The summed E-state index contributed by atoms with van der Waals surface area (Å²) in [4.78, 5) is 8.33. The third-order valence-corrected chi connectivity index (χ3v) is 1.85. The zero-order valence-corrected chi connectivity index (χ0v) is 7.46. The molecular formula is C10H8N4. The zero-order valence-electron chi connectivity index (χ0n) is 7.46. The molecule has 2 rings (SSSR count). The standard InChI is InChI=1S/C10H8N4/c11-4-7-14-8-6-13-10(14)9-3-1-2-5-12-9/h1-3,5-6,8H,7H2. The largest absolute Gasteiger partial charge is 0.316 e. The molecule has 0 N–H and O–H groups in total. The first kappa shape index (κ1) is 8.45. The van der Waals surface area contributed by atoms with Gasteiger partial charge >= 0.3 is 0 Å². The quantitative estimate of drug-likeness (QED) is 0.710. The molecule has 2 heterocycles. The van der Waals surface area contributed by atoms with Crippen LogP contribution in [0.4, 0.5) is 0 Å². The number of nitriles is 1. The van der Waals surface area contributed by atoms with Gasteiger partial charge in [0.15, 0.2) is 5.82 Å². The Kier molecular flexibility index (Phi) is 2.24. The molecule has 0 unspecified atom stereocenters. The van der Waals surface area contributed by atoms with Crippen LogP contribution < -0.4 is 0 Å². The van der Waals surface area contributed by atoms with Crippen molar-refractivity contribution in [3.8, 4) is 17.6 Å². The summed E-state index contributed by atoms with van der Waals surface area (Å²) in [6.45, 7) is 0.298. The van der Waals surface area contributed by atoms with Crippen molar-refractivity contribution >= 4 is 0 Å². The number of imidazole rings is 1. The molecular weight excluding hydrogens is 176 g/mol. The Hall–Kier alpha value is -2.15. The third-order valence-electron chi connectivity index (χ3n) is 1.85. The van der Waals surface area contributed by atoms with Crippen LogP contribution in [0.25, 0.3) is 11.5 Å². The highest BCUT2D eigenvalue weighted by molar-refractivity contribution is 5.49. The summed E-state index contributed by atoms with van der Waals surface area (Å²) in [6.07, 6.45) is 5.15. The Labute approximate surface area is 81.5 Å². The monoisotopic (exact) mass is 184 g/mol. The molecule has 0 radical (unpaired) electrons. The van der Waals surface area contributed by atoms with Crippen molar-refractivity contribution in [1.29, 1.82) is 5.26 Å². The fourth-order valence-corrected chi connectivity index (χ4v) is 1.24. The molecule has 0 aliphatic heterocycles. The maximum atomic E-state index is 8.59. The van der Waals surface area contributed by atoms with Gasteiger partial charge in [0.2, 0.25) is 0 Å². The Morgan fingerprint density at radius 1 is 1.29 bits per heavy atom. The van der Waals surface area contributed by atoms with Gasteiger partial charge in [-0.2, -0.15) is 5.26 Å². The van der Waals surface area contributed by atoms with Crippen LogP contribution in [-0.2, 0) is 6.54 Å². The van der Waals surface area contributed by atoms with Gasteiger partial charge in [0.25, 0.3) is 0 Å². The maximum absolute atomic E-state index is 8.59. The van der Waals surface area contributed by atoms with E-state index >= 15 is 0 Å². The molecule has 0 bridgehead atoms. The summed E-state index contributed by atoms with van der Waals surface area (Å²) in [7, 11) is 0. The predicted molar refractivity (Wildman–Crippen MR) is 51.1 cm³/mol. The van der Waals surface area contributed by atoms with Gasteiger partial charge in [-0.15, -0.1) is 0 Å². The van der Waals surface area contributed by atoms with E-state index in [1.54, 1.807) is 23.2 Å². The van der Waals surface area contributed by atoms with E-state index in [0.29, 0.717) is 6.54 Å². The van der Waals surface area contributed by atoms with Gasteiger partial charge in [-0.05, 0) is 12.1 Å². The van der Waals surface area contributed by atoms with E-state index in [-0.39, 0.29) is 0 Å². The highest BCUT2D eigenvalue weighted by Crippen LogP contribution is 2.13. The van der Waals surface area contributed by atoms with Gasteiger partial charge in [-0.25, -0.2) is 4.98 Å². The molecule has 0 fully saturated rings. The minimum atomic E-state index is 0.298. The maximum Gasteiger partial charge on any atom is 0.159 e. The number of nitrogens with zero attached hydrogens (tertiary/aromatic N) is 4. The highest BCUT2D eigenvalue weighted by Gasteiger charge is 2.04. The number of hydrogen-bond acceptors (Lipinski definition) is 3. The van der Waals surface area contributed by atoms with E-state index in [1.807, 2.05) is 18.2 Å². The zero-order chi connectivity index (χ0) is 9.80. The van der Waals surface area contributed by atoms with Gasteiger partial charge in [0, 0.05) is 18.6 Å². The predicted octanol–water partition coefficient (Wildman–Crippen LogP) is 1.47. The van der Waals surface area contributed by atoms with Gasteiger partial charge in [0.1, 0.15) is 12.2 Å². The molecule has 4 nitrogen and oxygen atoms in total. The fourth-order valence-electron chi connectivity index (χ4n) is 1.24. The molecule has 0 amide bonds. The second-order valence-corrected chi connectivity index (χ2v) is 2.75. The summed E-state index contributed by atoms with van der Waals surface area (Å²) >= 11 is 0. The molecule has 4 heteroatoms. The normalized spacial score (nSPS) is 9.64. The topological polar surface area (TPSA) is 54.5 Å². The van der Waals surface area contributed by atoms with Crippen molar-refractivity contribution in [1.82, 2.24) is 14.5 Å². The Bertz CT molecular complexity index is 452. The second kappa shape index (κ2) is 3.71. The minimum absolute atomic E-state index is 0.298. The lowest BCUT2D eigenvalue weighted by Crippen LogP contribution is -1.98. The van der Waals surface area contributed by atoms with Crippen molar-refractivity contribution in [2.45, 2.75) is 6.54 Å². The molecule has 0 aromatic carbocycles. The van der Waals surface area contributed by atoms with Crippen LogP contribution in [0.15, 0.2) is 36.8 Å². The van der Waals surface area contributed by atoms with Crippen LogP contribution in [0.1, 0.15) is 0 Å². The van der Waals surface area contributed by atoms with E-state index in [4.69, 9.17) is 5.26 Å². The number of rotatable bonds is 2. The molecule has 68 valence electrons. The molecule has 2 aromatic heterocycles. The Morgan fingerprint density at radius 3 is 2.93 bits per heavy atom. The molecule has 2 aromatic rings. The Balaban J connectivity index is 2.43. The van der Waals surface area contributed by atoms with Crippen molar-refractivity contribution in [2.24, 2.45) is 0 Å². The summed E-state index contributed by atoms with van der Waals surface area (Å²) in [5.41, 5.74) is 0.785. The molecule has 0 aliphatic rings. The van der Waals surface area contributed by atoms with Gasteiger partial charge in [-0.1, -0.05) is 6.07 Å². The number of aromatic nitrogens is 3. The van der Waals surface area contributed by atoms with E-state index < -0.39 is 0 Å². The lowest BCUT2D eigenvalue weighted by Gasteiger charge is -2.01. The van der Waals surface area contributed by atoms with Crippen LogP contribution in [0.2, 0.25) is 0 Å². The average molecular weight is 184 g/mol. The number of hydrogen-bond donors (Lipinski definition) is 0. The lowest BCUT2D eigenvalue weighted by atomic mass is 10.3. The van der Waals surface area contributed by atoms with Crippen molar-refractivity contribution in [2.75, 3.05) is 0 Å². The molecule has 0 aliphatic carbocycles. The van der Waals surface area contributed by atoms with Crippen LogP contribution in [0.3, 0.4) is 0 Å². The Morgan fingerprint density at radius 2 is 2.21 bits per heavy atom. The van der Waals surface area contributed by atoms with E-state index in [0.717, 1.165) is 11.5 Å². The average Bonchev–Trinajstić information content (AvgIpc) is 2.68. The minimum Gasteiger partial charge on any atom is -0.316 e. The lowest BCUT2D eigenvalue weighted by molar-refractivity contribution is 0.836. The van der Waals surface area contributed by atoms with E-state index in [9.17, 15) is 0 Å². The van der Waals surface area contributed by atoms with Crippen LogP contribution in [0.5, 0.6) is 0 Å². The first-order valence-corrected chi connectivity index (χ1v) is 4.21. The van der Waals surface area contributed by atoms with Crippen molar-refractivity contribution in [3.63, 3.8) is 0 Å². The first-order valence-electron chi connectivity index (χ1n) is 4.21. The summed E-state index contributed by atoms with van der Waals surface area (Å²) in [5.74, 6) is 0.729. The van der Waals surface area contributed by atoms with Gasteiger partial charge in [0.05, 0.1) is 6.07 Å². The highest BCUT2D eigenvalue weighted by atomic mass is 15.1. The van der Waals surface area contributed by atoms with Gasteiger partial charge < -0.3 is 4.57 Å². The van der Waals surface area contributed by atoms with Crippen LogP contribution in [-0.4, -0.2) is 14.5 Å². The molecule has 0 saturated carbocycles. The SMILES string of the molecule is N#CCn1ccnc1-c1ccccn1. The van der Waals surface area contributed by atoms with E-state index in [2.05, 4.69) is 16.0 Å². The molecule has 0 atom stereocenters. The van der Waals surface area contributed by atoms with E-state index in [1.165, 1.54) is 0 Å². The van der Waals surface area contributed by atoms with Gasteiger partial charge in [-0.3, -0.25) is 4.98 Å². The van der Waals surface area contributed by atoms with Crippen LogP contribution >= 0.6 is 0 Å². The molecule has 0 spiro atoms. The third kappa shape index (κ3) is 1.48. The van der Waals surface area contributed by atoms with Crippen molar-refractivity contribution < 1.29 is 0 Å². The summed E-state index contributed by atoms with van der Waals surface area (Å²) < 4.78 is 1.77. The molecule has 0 saturated heterocycles. The molecule has 14 heavy (non-hydrogen) atoms. The first-order chi connectivity index (χ1) is 6.92. The smallest absolute Gasteiger partial charge is 0.159 e. The second-order valence-electron chi connectivity index (χ2n) is 2.75. The van der Waals surface area contributed by atoms with Crippen LogP contribution in [0, 0.1) is 11.3 Å². The summed E-state index contributed by atoms with van der Waals surface area (Å²) in [5, 5.41) is 8.59. The van der Waals surface area contributed by atoms with Crippen molar-refractivity contribution in [3.05, 3.63) is 36.8 Å². The fraction of sp³-hybridized carbons (Fsp3) is 0.100.